The third kappa shape index (κ3) is 3.15. The normalized spacial score (nSPS) is 22.1. The lowest BCUT2D eigenvalue weighted by atomic mass is 9.75. The molecule has 4 heteroatoms. The molecule has 1 heterocycles. The molecule has 0 radical (unpaired) electrons. The molecule has 3 rings (SSSR count). The molecule has 110 valence electrons. The summed E-state index contributed by atoms with van der Waals surface area (Å²) in [5.74, 6) is 0.743. The van der Waals surface area contributed by atoms with E-state index in [1.807, 2.05) is 4.68 Å². The van der Waals surface area contributed by atoms with E-state index in [1.54, 1.807) is 12.4 Å². The third-order valence-electron chi connectivity index (χ3n) is 4.48. The Kier molecular flexibility index (Phi) is 4.04. The molecule has 2 aromatic rings. The number of hydrogen-bond acceptors (Lipinski definition) is 2. The third-order valence-corrected chi connectivity index (χ3v) is 4.48. The zero-order valence-electron chi connectivity index (χ0n) is 12.1. The Labute approximate surface area is 125 Å². The molecule has 21 heavy (non-hydrogen) atoms. The van der Waals surface area contributed by atoms with Gasteiger partial charge in [0.25, 0.3) is 5.91 Å². The van der Waals surface area contributed by atoms with Crippen LogP contribution in [0, 0.1) is 5.92 Å². The Hall–Kier alpha value is -2.10. The molecule has 1 aromatic carbocycles. The number of carbonyl (C=O) groups is 1. The average Bonchev–Trinajstić information content (AvgIpc) is 2.98. The van der Waals surface area contributed by atoms with Crippen LogP contribution in [-0.2, 0) is 6.54 Å². The minimum absolute atomic E-state index is 0.412. The number of benzene rings is 1. The number of aromatic nitrogens is 2. The van der Waals surface area contributed by atoms with E-state index >= 15 is 0 Å². The molecule has 2 atom stereocenters. The van der Waals surface area contributed by atoms with Gasteiger partial charge in [-0.05, 0) is 30.2 Å². The lowest BCUT2D eigenvalue weighted by Crippen LogP contribution is -2.23. The molecule has 1 saturated carbocycles. The van der Waals surface area contributed by atoms with E-state index in [0.717, 1.165) is 6.54 Å². The molecule has 1 fully saturated rings. The van der Waals surface area contributed by atoms with Crippen LogP contribution in [0.2, 0.25) is 0 Å². The summed E-state index contributed by atoms with van der Waals surface area (Å²) in [4.78, 5) is 11.2. The fourth-order valence-electron chi connectivity index (χ4n) is 3.40. The lowest BCUT2D eigenvalue weighted by molar-refractivity contribution is 0.1000. The lowest BCUT2D eigenvalue weighted by Gasteiger charge is -2.32. The summed E-state index contributed by atoms with van der Waals surface area (Å²) in [5, 5.41) is 4.28. The molecular weight excluding hydrogens is 262 g/mol. The van der Waals surface area contributed by atoms with Gasteiger partial charge < -0.3 is 5.73 Å². The molecule has 0 spiro atoms. The van der Waals surface area contributed by atoms with Crippen LogP contribution in [0.3, 0.4) is 0 Å². The summed E-state index contributed by atoms with van der Waals surface area (Å²) in [6, 6.07) is 10.7. The topological polar surface area (TPSA) is 60.9 Å². The maximum absolute atomic E-state index is 11.2. The molecule has 1 aliphatic carbocycles. The number of rotatable bonds is 4. The van der Waals surface area contributed by atoms with Crippen molar-refractivity contribution in [2.75, 3.05) is 0 Å². The predicted octanol–water partition coefficient (Wildman–Crippen LogP) is 2.96. The highest BCUT2D eigenvalue weighted by molar-refractivity contribution is 5.92. The number of nitrogens with two attached hydrogens (primary N) is 1. The zero-order chi connectivity index (χ0) is 14.7. The van der Waals surface area contributed by atoms with Crippen LogP contribution in [0.1, 0.15) is 47.5 Å². The summed E-state index contributed by atoms with van der Waals surface area (Å²) >= 11 is 0. The summed E-state index contributed by atoms with van der Waals surface area (Å²) in [7, 11) is 0. The van der Waals surface area contributed by atoms with Gasteiger partial charge in [0.1, 0.15) is 0 Å². The Morgan fingerprint density at radius 2 is 2.00 bits per heavy atom. The number of primary amides is 1. The molecule has 0 saturated heterocycles. The second kappa shape index (κ2) is 6.12. The van der Waals surface area contributed by atoms with Crippen LogP contribution in [0.4, 0.5) is 0 Å². The van der Waals surface area contributed by atoms with Gasteiger partial charge in [-0.25, -0.2) is 0 Å². The second-order valence-corrected chi connectivity index (χ2v) is 5.88. The first-order chi connectivity index (χ1) is 10.2. The van der Waals surface area contributed by atoms with E-state index in [9.17, 15) is 4.79 Å². The first kappa shape index (κ1) is 13.9. The van der Waals surface area contributed by atoms with Crippen LogP contribution >= 0.6 is 0 Å². The highest BCUT2D eigenvalue weighted by atomic mass is 16.1. The van der Waals surface area contributed by atoms with Gasteiger partial charge in [0.2, 0.25) is 0 Å². The van der Waals surface area contributed by atoms with E-state index < -0.39 is 5.91 Å². The molecule has 0 aliphatic heterocycles. The Balaban J connectivity index is 1.76. The monoisotopic (exact) mass is 283 g/mol. The van der Waals surface area contributed by atoms with Crippen molar-refractivity contribution in [2.24, 2.45) is 11.7 Å². The number of nitrogens with zero attached hydrogens (tertiary/aromatic N) is 2. The number of hydrogen-bond donors (Lipinski definition) is 1. The van der Waals surface area contributed by atoms with Gasteiger partial charge >= 0.3 is 0 Å². The molecule has 0 bridgehead atoms. The second-order valence-electron chi connectivity index (χ2n) is 5.88. The first-order valence-corrected chi connectivity index (χ1v) is 7.61. The minimum Gasteiger partial charge on any atom is -0.366 e. The van der Waals surface area contributed by atoms with Crippen LogP contribution in [0.25, 0.3) is 0 Å². The molecular formula is C17H21N3O. The molecule has 2 N–H and O–H groups in total. The maximum atomic E-state index is 11.2. The van der Waals surface area contributed by atoms with Crippen molar-refractivity contribution in [1.29, 1.82) is 0 Å². The van der Waals surface area contributed by atoms with Gasteiger partial charge in [0.05, 0.1) is 11.8 Å². The molecule has 1 amide bonds. The van der Waals surface area contributed by atoms with Crippen LogP contribution in [0.5, 0.6) is 0 Å². The Morgan fingerprint density at radius 1 is 1.24 bits per heavy atom. The van der Waals surface area contributed by atoms with Crippen molar-refractivity contribution >= 4 is 5.91 Å². The summed E-state index contributed by atoms with van der Waals surface area (Å²) < 4.78 is 1.87. The van der Waals surface area contributed by atoms with Gasteiger partial charge in [0, 0.05) is 12.7 Å². The smallest absolute Gasteiger partial charge is 0.251 e. The Morgan fingerprint density at radius 3 is 2.71 bits per heavy atom. The van der Waals surface area contributed by atoms with Gasteiger partial charge in [-0.15, -0.1) is 0 Å². The first-order valence-electron chi connectivity index (χ1n) is 7.61. The van der Waals surface area contributed by atoms with Crippen molar-refractivity contribution in [3.05, 3.63) is 53.9 Å². The van der Waals surface area contributed by atoms with E-state index in [4.69, 9.17) is 5.73 Å². The van der Waals surface area contributed by atoms with Crippen molar-refractivity contribution < 1.29 is 4.79 Å². The van der Waals surface area contributed by atoms with E-state index in [-0.39, 0.29) is 0 Å². The van der Waals surface area contributed by atoms with E-state index in [0.29, 0.717) is 17.4 Å². The van der Waals surface area contributed by atoms with Gasteiger partial charge in [0.15, 0.2) is 0 Å². The van der Waals surface area contributed by atoms with Crippen molar-refractivity contribution in [3.63, 3.8) is 0 Å². The highest BCUT2D eigenvalue weighted by Gasteiger charge is 2.27. The molecule has 1 aliphatic rings. The highest BCUT2D eigenvalue weighted by Crippen LogP contribution is 2.38. The minimum atomic E-state index is -0.412. The Bertz CT molecular complexity index is 606. The SMILES string of the molecule is NC(=O)c1cnn(CC2CCCCC2c2ccccc2)c1. The van der Waals surface area contributed by atoms with Crippen molar-refractivity contribution in [2.45, 2.75) is 38.1 Å². The van der Waals surface area contributed by atoms with Crippen molar-refractivity contribution in [3.8, 4) is 0 Å². The van der Waals surface area contributed by atoms with E-state index in [2.05, 4.69) is 35.4 Å². The summed E-state index contributed by atoms with van der Waals surface area (Å²) in [5.41, 5.74) is 7.20. The van der Waals surface area contributed by atoms with Gasteiger partial charge in [-0.1, -0.05) is 43.2 Å². The quantitative estimate of drug-likeness (QED) is 0.937. The predicted molar refractivity (Wildman–Crippen MR) is 81.9 cm³/mol. The molecule has 4 nitrogen and oxygen atoms in total. The fraction of sp³-hybridized carbons (Fsp3) is 0.412. The summed E-state index contributed by atoms with van der Waals surface area (Å²) in [6.45, 7) is 0.854. The maximum Gasteiger partial charge on any atom is 0.251 e. The van der Waals surface area contributed by atoms with Crippen LogP contribution in [-0.4, -0.2) is 15.7 Å². The molecule has 2 unspecified atom stereocenters. The zero-order valence-corrected chi connectivity index (χ0v) is 12.1. The standard InChI is InChI=1S/C17H21N3O/c18-17(21)15-10-19-20(12-15)11-14-8-4-5-9-16(14)13-6-2-1-3-7-13/h1-3,6-7,10,12,14,16H,4-5,8-9,11H2,(H2,18,21). The summed E-state index contributed by atoms with van der Waals surface area (Å²) in [6.07, 6.45) is 8.34. The van der Waals surface area contributed by atoms with Gasteiger partial charge in [-0.2, -0.15) is 5.10 Å². The number of carbonyl (C=O) groups excluding carboxylic acids is 1. The average molecular weight is 283 g/mol. The van der Waals surface area contributed by atoms with Crippen LogP contribution in [0.15, 0.2) is 42.7 Å². The fourth-order valence-corrected chi connectivity index (χ4v) is 3.40. The van der Waals surface area contributed by atoms with Crippen molar-refractivity contribution in [1.82, 2.24) is 9.78 Å². The van der Waals surface area contributed by atoms with E-state index in [1.165, 1.54) is 31.2 Å². The van der Waals surface area contributed by atoms with Gasteiger partial charge in [-0.3, -0.25) is 9.48 Å². The largest absolute Gasteiger partial charge is 0.366 e. The molecule has 1 aromatic heterocycles. The number of amides is 1. The van der Waals surface area contributed by atoms with Crippen LogP contribution < -0.4 is 5.73 Å².